The first-order valence-electron chi connectivity index (χ1n) is 9.82. The lowest BCUT2D eigenvalue weighted by atomic mass is 10.0. The highest BCUT2D eigenvalue weighted by Crippen LogP contribution is 2.31. The number of benzene rings is 2. The van der Waals surface area contributed by atoms with E-state index in [1.807, 2.05) is 62.1 Å². The number of hydrogen-bond acceptors (Lipinski definition) is 4. The fraction of sp³-hybridized carbons (Fsp3) is 0.391. The van der Waals surface area contributed by atoms with Crippen molar-refractivity contribution in [3.63, 3.8) is 0 Å². The summed E-state index contributed by atoms with van der Waals surface area (Å²) in [5, 5.41) is 3.79. The Morgan fingerprint density at radius 1 is 1.14 bits per heavy atom. The normalized spacial score (nSPS) is 16.4. The molecule has 0 bridgehead atoms. The van der Waals surface area contributed by atoms with E-state index in [0.29, 0.717) is 10.9 Å². The Kier molecular flexibility index (Phi) is 6.42. The molecule has 6 heteroatoms. The predicted octanol–water partition coefficient (Wildman–Crippen LogP) is 4.87. The van der Waals surface area contributed by atoms with Crippen LogP contribution in [0.25, 0.3) is 11.1 Å². The minimum atomic E-state index is -0.520. The highest BCUT2D eigenvalue weighted by molar-refractivity contribution is 7.80. The number of rotatable bonds is 4. The van der Waals surface area contributed by atoms with Gasteiger partial charge in [0.25, 0.3) is 0 Å². The van der Waals surface area contributed by atoms with Gasteiger partial charge in [0, 0.05) is 6.54 Å². The monoisotopic (exact) mass is 412 g/mol. The van der Waals surface area contributed by atoms with Crippen LogP contribution in [0.3, 0.4) is 0 Å². The molecule has 0 radical (unpaired) electrons. The van der Waals surface area contributed by atoms with Gasteiger partial charge in [-0.1, -0.05) is 36.4 Å². The molecule has 1 heterocycles. The minimum Gasteiger partial charge on any atom is -0.495 e. The number of methoxy groups -OCH3 is 1. The van der Waals surface area contributed by atoms with Crippen LogP contribution in [0.1, 0.15) is 33.6 Å². The van der Waals surface area contributed by atoms with Gasteiger partial charge in [-0.2, -0.15) is 0 Å². The van der Waals surface area contributed by atoms with Gasteiger partial charge in [-0.25, -0.2) is 4.79 Å². The van der Waals surface area contributed by atoms with Crippen molar-refractivity contribution in [2.75, 3.05) is 19.0 Å². The molecule has 3 rings (SSSR count). The van der Waals surface area contributed by atoms with Crippen molar-refractivity contribution in [3.05, 3.63) is 48.5 Å². The molecule has 0 aromatic heterocycles. The van der Waals surface area contributed by atoms with E-state index in [1.54, 1.807) is 7.11 Å². The van der Waals surface area contributed by atoms with Crippen LogP contribution in [0.4, 0.5) is 5.69 Å². The maximum Gasteiger partial charge on any atom is 0.329 e. The Balaban J connectivity index is 1.79. The van der Waals surface area contributed by atoms with Crippen molar-refractivity contribution in [3.8, 4) is 16.9 Å². The summed E-state index contributed by atoms with van der Waals surface area (Å²) in [6.07, 6.45) is 1.63. The largest absolute Gasteiger partial charge is 0.495 e. The molecule has 1 aliphatic heterocycles. The summed E-state index contributed by atoms with van der Waals surface area (Å²) in [7, 11) is 1.63. The number of thiocarbonyl (C=S) groups is 1. The molecule has 1 fully saturated rings. The fourth-order valence-corrected chi connectivity index (χ4v) is 3.76. The zero-order valence-corrected chi connectivity index (χ0v) is 18.2. The zero-order chi connectivity index (χ0) is 21.0. The molecule has 5 nitrogen and oxygen atoms in total. The van der Waals surface area contributed by atoms with Crippen molar-refractivity contribution in [2.45, 2.75) is 45.3 Å². The molecule has 1 N–H and O–H groups in total. The van der Waals surface area contributed by atoms with Crippen molar-refractivity contribution >= 4 is 29.0 Å². The van der Waals surface area contributed by atoms with Gasteiger partial charge in [-0.3, -0.25) is 0 Å². The van der Waals surface area contributed by atoms with E-state index in [4.69, 9.17) is 21.7 Å². The molecule has 29 heavy (non-hydrogen) atoms. The molecule has 1 unspecified atom stereocenters. The molecule has 0 saturated carbocycles. The number of nitrogens with one attached hydrogen (secondary N) is 1. The molecule has 0 spiro atoms. The average Bonchev–Trinajstić information content (AvgIpc) is 3.17. The molecule has 1 aliphatic rings. The Morgan fingerprint density at radius 3 is 2.52 bits per heavy atom. The van der Waals surface area contributed by atoms with Crippen LogP contribution in [0, 0.1) is 0 Å². The number of nitrogens with zero attached hydrogens (tertiary/aromatic N) is 1. The molecule has 2 aromatic rings. The predicted molar refractivity (Wildman–Crippen MR) is 120 cm³/mol. The van der Waals surface area contributed by atoms with E-state index >= 15 is 0 Å². The van der Waals surface area contributed by atoms with E-state index in [9.17, 15) is 4.79 Å². The Morgan fingerprint density at radius 2 is 1.86 bits per heavy atom. The summed E-state index contributed by atoms with van der Waals surface area (Å²) in [6.45, 7) is 6.35. The van der Waals surface area contributed by atoms with Crippen LogP contribution >= 0.6 is 12.2 Å². The molecule has 1 saturated heterocycles. The van der Waals surface area contributed by atoms with Gasteiger partial charge < -0.3 is 19.7 Å². The van der Waals surface area contributed by atoms with Gasteiger partial charge in [0.1, 0.15) is 17.4 Å². The zero-order valence-electron chi connectivity index (χ0n) is 17.4. The summed E-state index contributed by atoms with van der Waals surface area (Å²) < 4.78 is 11.1. The molecule has 0 amide bonds. The summed E-state index contributed by atoms with van der Waals surface area (Å²) >= 11 is 5.65. The highest BCUT2D eigenvalue weighted by atomic mass is 32.1. The van der Waals surface area contributed by atoms with Crippen LogP contribution in [-0.4, -0.2) is 41.3 Å². The summed E-state index contributed by atoms with van der Waals surface area (Å²) in [6, 6.07) is 15.7. The van der Waals surface area contributed by atoms with E-state index in [0.717, 1.165) is 36.2 Å². The number of ether oxygens (including phenoxy) is 2. The first-order chi connectivity index (χ1) is 13.8. The van der Waals surface area contributed by atoms with E-state index in [1.165, 1.54) is 0 Å². The van der Waals surface area contributed by atoms with Crippen LogP contribution < -0.4 is 10.1 Å². The first-order valence-corrected chi connectivity index (χ1v) is 10.2. The number of hydrogen-bond donors (Lipinski definition) is 1. The summed E-state index contributed by atoms with van der Waals surface area (Å²) in [4.78, 5) is 14.5. The van der Waals surface area contributed by atoms with E-state index in [2.05, 4.69) is 17.4 Å². The van der Waals surface area contributed by atoms with Crippen LogP contribution in [0.2, 0.25) is 0 Å². The maximum absolute atomic E-state index is 12.6. The van der Waals surface area contributed by atoms with Gasteiger partial charge >= 0.3 is 5.97 Å². The second kappa shape index (κ2) is 8.82. The quantitative estimate of drug-likeness (QED) is 0.571. The lowest BCUT2D eigenvalue weighted by Gasteiger charge is -2.29. The van der Waals surface area contributed by atoms with E-state index in [-0.39, 0.29) is 12.0 Å². The third kappa shape index (κ3) is 5.26. The molecule has 2 aromatic carbocycles. The smallest absolute Gasteiger partial charge is 0.329 e. The fourth-order valence-electron chi connectivity index (χ4n) is 3.43. The standard InChI is InChI=1S/C23H28N2O3S/c1-23(2,3)28-21(26)19-11-8-14-25(19)22(29)24-18-15-17(12-13-20(18)27-4)16-9-6-5-7-10-16/h5-7,9-10,12-13,15,19H,8,11,14H2,1-4H3,(H,24,29). The number of esters is 1. The van der Waals surface area contributed by atoms with Crippen LogP contribution in [-0.2, 0) is 9.53 Å². The van der Waals surface area contributed by atoms with Crippen LogP contribution in [0.15, 0.2) is 48.5 Å². The number of carbonyl (C=O) groups is 1. The molecular weight excluding hydrogens is 384 g/mol. The number of anilines is 1. The third-order valence-corrected chi connectivity index (χ3v) is 5.08. The van der Waals surface area contributed by atoms with Crippen molar-refractivity contribution in [1.82, 2.24) is 4.90 Å². The first kappa shape index (κ1) is 21.1. The SMILES string of the molecule is COc1ccc(-c2ccccc2)cc1NC(=S)N1CCCC1C(=O)OC(C)(C)C. The van der Waals surface area contributed by atoms with Crippen molar-refractivity contribution < 1.29 is 14.3 Å². The molecule has 0 aliphatic carbocycles. The lowest BCUT2D eigenvalue weighted by molar-refractivity contribution is -0.159. The Labute approximate surface area is 178 Å². The minimum absolute atomic E-state index is 0.232. The summed E-state index contributed by atoms with van der Waals surface area (Å²) in [5.74, 6) is 0.462. The number of likely N-dealkylation sites (tertiary alicyclic amines) is 1. The maximum atomic E-state index is 12.6. The highest BCUT2D eigenvalue weighted by Gasteiger charge is 2.35. The summed E-state index contributed by atoms with van der Waals surface area (Å²) in [5.41, 5.74) is 2.42. The van der Waals surface area contributed by atoms with Crippen molar-refractivity contribution in [2.24, 2.45) is 0 Å². The average molecular weight is 413 g/mol. The van der Waals surface area contributed by atoms with Gasteiger partial charge in [0.05, 0.1) is 12.8 Å². The third-order valence-electron chi connectivity index (χ3n) is 4.74. The lowest BCUT2D eigenvalue weighted by Crippen LogP contribution is -2.45. The van der Waals surface area contributed by atoms with Crippen LogP contribution in [0.5, 0.6) is 5.75 Å². The molecule has 1 atom stereocenters. The van der Waals surface area contributed by atoms with Gasteiger partial charge in [0.2, 0.25) is 0 Å². The van der Waals surface area contributed by atoms with Gasteiger partial charge in [0.15, 0.2) is 5.11 Å². The molecule has 154 valence electrons. The second-order valence-electron chi connectivity index (χ2n) is 8.10. The van der Waals surface area contributed by atoms with E-state index < -0.39 is 5.60 Å². The Hall–Kier alpha value is -2.60. The topological polar surface area (TPSA) is 50.8 Å². The number of carbonyl (C=O) groups excluding carboxylic acids is 1. The Bertz CT molecular complexity index is 877. The molecular formula is C23H28N2O3S. The van der Waals surface area contributed by atoms with Gasteiger partial charge in [-0.15, -0.1) is 0 Å². The van der Waals surface area contributed by atoms with Crippen molar-refractivity contribution in [1.29, 1.82) is 0 Å². The van der Waals surface area contributed by atoms with Gasteiger partial charge in [-0.05, 0) is 69.1 Å². The second-order valence-corrected chi connectivity index (χ2v) is 8.48.